The van der Waals surface area contributed by atoms with Crippen LogP contribution < -0.4 is 0 Å². The first-order valence-electron chi connectivity index (χ1n) is 4.25. The van der Waals surface area contributed by atoms with Crippen molar-refractivity contribution in [3.05, 3.63) is 12.2 Å². The molecule has 0 spiro atoms. The molecule has 1 fully saturated rings. The summed E-state index contributed by atoms with van der Waals surface area (Å²) in [5.41, 5.74) is 0. The van der Waals surface area contributed by atoms with E-state index in [1.165, 1.54) is 0 Å². The van der Waals surface area contributed by atoms with E-state index in [2.05, 4.69) is 4.74 Å². The first-order valence-corrected chi connectivity index (χ1v) is 4.25. The predicted molar refractivity (Wildman–Crippen MR) is 48.8 cm³/mol. The third kappa shape index (κ3) is 7.33. The Morgan fingerprint density at radius 3 is 2.46 bits per heavy atom. The minimum absolute atomic E-state index is 0.234. The number of allylic oxidation sites excluding steroid dienone is 2. The van der Waals surface area contributed by atoms with Gasteiger partial charge in [0, 0.05) is 6.42 Å². The van der Waals surface area contributed by atoms with Gasteiger partial charge in [-0.05, 0) is 13.8 Å². The molecule has 0 radical (unpaired) electrons. The van der Waals surface area contributed by atoms with E-state index < -0.39 is 6.16 Å². The molecular formula is C9H16O4. The molecule has 1 saturated heterocycles. The molecule has 4 heteroatoms. The fourth-order valence-corrected chi connectivity index (χ4v) is 0.748. The standard InChI is InChI=1S/C5H8O4.C4H8/c6-5(7)9-4-1-2-8-3-4;1-3-4-2/h4H,1-3H2,(H,6,7);3-4H,1-2H3/b;4-3-/t4-;/m0./s1. The van der Waals surface area contributed by atoms with E-state index in [4.69, 9.17) is 9.84 Å². The van der Waals surface area contributed by atoms with Gasteiger partial charge in [0.2, 0.25) is 0 Å². The molecule has 0 amide bonds. The highest BCUT2D eigenvalue weighted by molar-refractivity contribution is 5.57. The van der Waals surface area contributed by atoms with Gasteiger partial charge in [-0.2, -0.15) is 0 Å². The highest BCUT2D eigenvalue weighted by Crippen LogP contribution is 2.07. The summed E-state index contributed by atoms with van der Waals surface area (Å²) >= 11 is 0. The Balaban J connectivity index is 0.000000310. The van der Waals surface area contributed by atoms with Crippen LogP contribution in [0.4, 0.5) is 4.79 Å². The summed E-state index contributed by atoms with van der Waals surface area (Å²) in [6.07, 6.45) is 3.24. The van der Waals surface area contributed by atoms with Gasteiger partial charge in [-0.1, -0.05) is 12.2 Å². The molecule has 0 aromatic rings. The quantitative estimate of drug-likeness (QED) is 0.505. The van der Waals surface area contributed by atoms with Gasteiger partial charge in [0.15, 0.2) is 0 Å². The normalized spacial score (nSPS) is 20.9. The van der Waals surface area contributed by atoms with Crippen molar-refractivity contribution in [1.29, 1.82) is 0 Å². The monoisotopic (exact) mass is 188 g/mol. The smallest absolute Gasteiger partial charge is 0.450 e. The average Bonchev–Trinajstić information content (AvgIpc) is 2.56. The molecule has 0 aromatic carbocycles. The molecule has 0 bridgehead atoms. The van der Waals surface area contributed by atoms with E-state index in [-0.39, 0.29) is 6.10 Å². The lowest BCUT2D eigenvalue weighted by Crippen LogP contribution is -2.15. The van der Waals surface area contributed by atoms with Gasteiger partial charge in [0.25, 0.3) is 0 Å². The Kier molecular flexibility index (Phi) is 7.01. The maximum absolute atomic E-state index is 9.88. The minimum atomic E-state index is -1.22. The third-order valence-electron chi connectivity index (χ3n) is 1.49. The van der Waals surface area contributed by atoms with Crippen molar-refractivity contribution in [3.63, 3.8) is 0 Å². The van der Waals surface area contributed by atoms with Crippen LogP contribution in [0.5, 0.6) is 0 Å². The van der Waals surface area contributed by atoms with Crippen molar-refractivity contribution < 1.29 is 19.4 Å². The number of hydrogen-bond donors (Lipinski definition) is 1. The maximum atomic E-state index is 9.88. The molecule has 1 N–H and O–H groups in total. The molecule has 13 heavy (non-hydrogen) atoms. The molecule has 0 aliphatic carbocycles. The van der Waals surface area contributed by atoms with E-state index in [1.807, 2.05) is 26.0 Å². The van der Waals surface area contributed by atoms with Crippen LogP contribution in [0.1, 0.15) is 20.3 Å². The third-order valence-corrected chi connectivity index (χ3v) is 1.49. The second-order valence-corrected chi connectivity index (χ2v) is 2.54. The Hall–Kier alpha value is -1.03. The number of hydrogen-bond acceptors (Lipinski definition) is 3. The Labute approximate surface area is 78.2 Å². The highest BCUT2D eigenvalue weighted by atomic mass is 16.7. The fraction of sp³-hybridized carbons (Fsp3) is 0.667. The maximum Gasteiger partial charge on any atom is 0.506 e. The molecule has 0 unspecified atom stereocenters. The lowest BCUT2D eigenvalue weighted by atomic mass is 10.3. The number of ether oxygens (including phenoxy) is 2. The van der Waals surface area contributed by atoms with Crippen molar-refractivity contribution >= 4 is 6.16 Å². The molecule has 0 aromatic heterocycles. The van der Waals surface area contributed by atoms with Crippen LogP contribution in [0.15, 0.2) is 12.2 Å². The van der Waals surface area contributed by atoms with Gasteiger partial charge < -0.3 is 14.6 Å². The zero-order valence-corrected chi connectivity index (χ0v) is 8.03. The van der Waals surface area contributed by atoms with Crippen molar-refractivity contribution in [3.8, 4) is 0 Å². The fourth-order valence-electron chi connectivity index (χ4n) is 0.748. The topological polar surface area (TPSA) is 55.8 Å². The second-order valence-electron chi connectivity index (χ2n) is 2.54. The van der Waals surface area contributed by atoms with Crippen LogP contribution in [-0.2, 0) is 9.47 Å². The summed E-state index contributed by atoms with van der Waals surface area (Å²) in [6.45, 7) is 5.02. The van der Waals surface area contributed by atoms with Gasteiger partial charge in [0.05, 0.1) is 13.2 Å². The zero-order valence-electron chi connectivity index (χ0n) is 8.03. The Morgan fingerprint density at radius 2 is 2.15 bits per heavy atom. The zero-order chi connectivity index (χ0) is 10.1. The molecule has 1 aliphatic rings. The van der Waals surface area contributed by atoms with Crippen LogP contribution in [0.3, 0.4) is 0 Å². The predicted octanol–water partition coefficient (Wildman–Crippen LogP) is 2.05. The van der Waals surface area contributed by atoms with Crippen LogP contribution in [-0.4, -0.2) is 30.6 Å². The van der Waals surface area contributed by atoms with Crippen LogP contribution in [0, 0.1) is 0 Å². The summed E-state index contributed by atoms with van der Waals surface area (Å²) in [5.74, 6) is 0. The molecule has 1 atom stereocenters. The number of carboxylic acid groups (broad SMARTS) is 1. The molecule has 76 valence electrons. The highest BCUT2D eigenvalue weighted by Gasteiger charge is 2.18. The summed E-state index contributed by atoms with van der Waals surface area (Å²) in [7, 11) is 0. The lowest BCUT2D eigenvalue weighted by molar-refractivity contribution is 0.0449. The number of rotatable bonds is 1. The van der Waals surface area contributed by atoms with E-state index in [1.54, 1.807) is 0 Å². The first-order chi connectivity index (χ1) is 6.20. The van der Waals surface area contributed by atoms with Gasteiger partial charge in [-0.15, -0.1) is 0 Å². The number of carbonyl (C=O) groups is 1. The summed E-state index contributed by atoms with van der Waals surface area (Å²) < 4.78 is 9.27. The Bertz CT molecular complexity index is 155. The molecule has 0 saturated carbocycles. The van der Waals surface area contributed by atoms with E-state index in [0.29, 0.717) is 19.6 Å². The van der Waals surface area contributed by atoms with Crippen molar-refractivity contribution in [2.75, 3.05) is 13.2 Å². The average molecular weight is 188 g/mol. The van der Waals surface area contributed by atoms with E-state index >= 15 is 0 Å². The van der Waals surface area contributed by atoms with Crippen LogP contribution >= 0.6 is 0 Å². The molecule has 1 rings (SSSR count). The minimum Gasteiger partial charge on any atom is -0.450 e. The van der Waals surface area contributed by atoms with E-state index in [9.17, 15) is 4.79 Å². The first kappa shape index (κ1) is 12.0. The lowest BCUT2D eigenvalue weighted by Gasteiger charge is -2.03. The van der Waals surface area contributed by atoms with Crippen LogP contribution in [0.25, 0.3) is 0 Å². The molecule has 4 nitrogen and oxygen atoms in total. The SMILES string of the molecule is C/C=C\C.O=C(O)O[C@H]1CCOC1. The van der Waals surface area contributed by atoms with Gasteiger partial charge in [-0.3, -0.25) is 0 Å². The van der Waals surface area contributed by atoms with Crippen LogP contribution in [0.2, 0.25) is 0 Å². The van der Waals surface area contributed by atoms with Crippen molar-refractivity contribution in [2.24, 2.45) is 0 Å². The largest absolute Gasteiger partial charge is 0.506 e. The summed E-state index contributed by atoms with van der Waals surface area (Å²) in [4.78, 5) is 9.88. The summed E-state index contributed by atoms with van der Waals surface area (Å²) in [6, 6.07) is 0. The van der Waals surface area contributed by atoms with Crippen molar-refractivity contribution in [1.82, 2.24) is 0 Å². The molecular weight excluding hydrogens is 172 g/mol. The second kappa shape index (κ2) is 7.61. The Morgan fingerprint density at radius 1 is 1.54 bits per heavy atom. The van der Waals surface area contributed by atoms with Gasteiger partial charge >= 0.3 is 6.16 Å². The van der Waals surface area contributed by atoms with E-state index in [0.717, 1.165) is 0 Å². The summed E-state index contributed by atoms with van der Waals surface area (Å²) in [5, 5.41) is 8.10. The van der Waals surface area contributed by atoms with Gasteiger partial charge in [-0.25, -0.2) is 4.79 Å². The van der Waals surface area contributed by atoms with Crippen molar-refractivity contribution in [2.45, 2.75) is 26.4 Å². The molecule has 1 heterocycles. The van der Waals surface area contributed by atoms with Gasteiger partial charge in [0.1, 0.15) is 6.10 Å². The molecule has 1 aliphatic heterocycles.